The molecule has 2 rings (SSSR count). The minimum atomic E-state index is -4.46. The van der Waals surface area contributed by atoms with E-state index in [1.165, 1.54) is 24.3 Å². The van der Waals surface area contributed by atoms with Crippen LogP contribution >= 0.6 is 0 Å². The molecule has 0 fully saturated rings. The molecule has 7 heteroatoms. The minimum absolute atomic E-state index is 0.0457. The lowest BCUT2D eigenvalue weighted by Crippen LogP contribution is -2.28. The molecular weight excluding hydrogens is 314 g/mol. The predicted molar refractivity (Wildman–Crippen MR) is 75.1 cm³/mol. The van der Waals surface area contributed by atoms with Crippen molar-refractivity contribution in [2.45, 2.75) is 12.3 Å². The maximum Gasteiger partial charge on any atom is 0.416 e. The van der Waals surface area contributed by atoms with E-state index in [0.29, 0.717) is 5.56 Å². The molecule has 0 saturated carbocycles. The highest BCUT2D eigenvalue weighted by Crippen LogP contribution is 2.29. The lowest BCUT2D eigenvalue weighted by atomic mass is 10.1. The minimum Gasteiger partial charge on any atom is -0.387 e. The highest BCUT2D eigenvalue weighted by Gasteiger charge is 2.30. The third-order valence-corrected chi connectivity index (χ3v) is 3.19. The number of carbonyl (C=O) groups is 1. The molecule has 1 unspecified atom stereocenters. The van der Waals surface area contributed by atoms with Gasteiger partial charge in [0.25, 0.3) is 5.91 Å². The summed E-state index contributed by atoms with van der Waals surface area (Å²) in [4.78, 5) is 11.8. The second-order valence-corrected chi connectivity index (χ2v) is 4.85. The molecule has 0 spiro atoms. The van der Waals surface area contributed by atoms with Gasteiger partial charge in [-0.15, -0.1) is 0 Å². The molecule has 0 aliphatic carbocycles. The molecule has 0 saturated heterocycles. The van der Waals surface area contributed by atoms with E-state index in [-0.39, 0.29) is 12.1 Å². The fourth-order valence-electron chi connectivity index (χ4n) is 1.90. The van der Waals surface area contributed by atoms with E-state index in [1.54, 1.807) is 0 Å². The highest BCUT2D eigenvalue weighted by molar-refractivity contribution is 5.94. The summed E-state index contributed by atoms with van der Waals surface area (Å²) in [5.74, 6) is -1.06. The van der Waals surface area contributed by atoms with Gasteiger partial charge in [-0.25, -0.2) is 4.39 Å². The van der Waals surface area contributed by atoms with Crippen LogP contribution in [0.15, 0.2) is 48.5 Å². The van der Waals surface area contributed by atoms with Gasteiger partial charge in [-0.3, -0.25) is 4.79 Å². The normalized spacial score (nSPS) is 12.7. The zero-order chi connectivity index (χ0) is 17.0. The van der Waals surface area contributed by atoms with E-state index in [1.807, 2.05) is 0 Å². The van der Waals surface area contributed by atoms with E-state index in [2.05, 4.69) is 5.32 Å². The van der Waals surface area contributed by atoms with Crippen molar-refractivity contribution in [3.05, 3.63) is 71.0 Å². The second-order valence-electron chi connectivity index (χ2n) is 4.85. The molecule has 0 aliphatic rings. The number of halogens is 4. The van der Waals surface area contributed by atoms with E-state index < -0.39 is 29.6 Å². The van der Waals surface area contributed by atoms with Gasteiger partial charge in [-0.05, 0) is 42.0 Å². The molecule has 1 atom stereocenters. The summed E-state index contributed by atoms with van der Waals surface area (Å²) in [6.45, 7) is -0.147. The molecule has 2 aromatic rings. The Bertz CT molecular complexity index is 666. The fraction of sp³-hybridized carbons (Fsp3) is 0.188. The van der Waals surface area contributed by atoms with Crippen LogP contribution in [0.4, 0.5) is 17.6 Å². The first-order chi connectivity index (χ1) is 10.8. The van der Waals surface area contributed by atoms with Gasteiger partial charge in [0.2, 0.25) is 0 Å². The molecule has 0 aliphatic heterocycles. The zero-order valence-corrected chi connectivity index (χ0v) is 11.8. The van der Waals surface area contributed by atoms with Gasteiger partial charge in [0, 0.05) is 12.1 Å². The molecule has 0 aromatic heterocycles. The summed E-state index contributed by atoms with van der Waals surface area (Å²) >= 11 is 0. The van der Waals surface area contributed by atoms with Gasteiger partial charge in [-0.2, -0.15) is 13.2 Å². The van der Waals surface area contributed by atoms with Crippen LogP contribution in [0.2, 0.25) is 0 Å². The van der Waals surface area contributed by atoms with Gasteiger partial charge in [-0.1, -0.05) is 12.1 Å². The Balaban J connectivity index is 1.95. The molecular formula is C16H13F4NO2. The first-order valence-electron chi connectivity index (χ1n) is 6.66. The number of benzene rings is 2. The number of aliphatic hydroxyl groups is 1. The van der Waals surface area contributed by atoms with Crippen molar-refractivity contribution in [1.29, 1.82) is 0 Å². The summed E-state index contributed by atoms with van der Waals surface area (Å²) in [5.41, 5.74) is -0.385. The van der Waals surface area contributed by atoms with Gasteiger partial charge >= 0.3 is 6.18 Å². The van der Waals surface area contributed by atoms with Gasteiger partial charge < -0.3 is 10.4 Å². The van der Waals surface area contributed by atoms with Crippen LogP contribution in [0.1, 0.15) is 27.6 Å². The van der Waals surface area contributed by atoms with Crippen molar-refractivity contribution < 1.29 is 27.5 Å². The molecule has 0 bridgehead atoms. The molecule has 2 N–H and O–H groups in total. The van der Waals surface area contributed by atoms with Gasteiger partial charge in [0.15, 0.2) is 0 Å². The number of rotatable bonds is 4. The Hall–Kier alpha value is -2.41. The van der Waals surface area contributed by atoms with E-state index in [4.69, 9.17) is 0 Å². The quantitative estimate of drug-likeness (QED) is 0.847. The zero-order valence-electron chi connectivity index (χ0n) is 11.8. The Labute approximate surface area is 129 Å². The third kappa shape index (κ3) is 4.53. The van der Waals surface area contributed by atoms with Crippen LogP contribution in [0, 0.1) is 5.82 Å². The number of amides is 1. The number of alkyl halides is 3. The molecule has 0 radical (unpaired) electrons. The van der Waals surface area contributed by atoms with E-state index in [0.717, 1.165) is 24.3 Å². The summed E-state index contributed by atoms with van der Waals surface area (Å²) in [6, 6.07) is 8.85. The number of carbonyl (C=O) groups excluding carboxylic acids is 1. The predicted octanol–water partition coefficient (Wildman–Crippen LogP) is 3.31. The van der Waals surface area contributed by atoms with Gasteiger partial charge in [0.1, 0.15) is 5.82 Å². The van der Waals surface area contributed by atoms with Crippen LogP contribution in [-0.2, 0) is 6.18 Å². The average molecular weight is 327 g/mol. The smallest absolute Gasteiger partial charge is 0.387 e. The van der Waals surface area contributed by atoms with Crippen molar-refractivity contribution in [2.24, 2.45) is 0 Å². The number of nitrogens with one attached hydrogen (secondary N) is 1. The van der Waals surface area contributed by atoms with Crippen molar-refractivity contribution in [3.63, 3.8) is 0 Å². The Morgan fingerprint density at radius 3 is 2.13 bits per heavy atom. The average Bonchev–Trinajstić information content (AvgIpc) is 2.52. The van der Waals surface area contributed by atoms with Crippen molar-refractivity contribution >= 4 is 5.91 Å². The van der Waals surface area contributed by atoms with Crippen LogP contribution in [0.25, 0.3) is 0 Å². The summed E-state index contributed by atoms with van der Waals surface area (Å²) in [5, 5.41) is 12.3. The lowest BCUT2D eigenvalue weighted by Gasteiger charge is -2.13. The Morgan fingerprint density at radius 1 is 1.04 bits per heavy atom. The number of aliphatic hydroxyl groups excluding tert-OH is 1. The summed E-state index contributed by atoms with van der Waals surface area (Å²) in [6.07, 6.45) is -5.51. The molecule has 0 heterocycles. The summed E-state index contributed by atoms with van der Waals surface area (Å²) < 4.78 is 50.1. The van der Waals surface area contributed by atoms with E-state index in [9.17, 15) is 27.5 Å². The van der Waals surface area contributed by atoms with E-state index >= 15 is 0 Å². The topological polar surface area (TPSA) is 49.3 Å². The number of hydrogen-bond acceptors (Lipinski definition) is 2. The second kappa shape index (κ2) is 6.78. The van der Waals surface area contributed by atoms with Crippen molar-refractivity contribution in [2.75, 3.05) is 6.54 Å². The van der Waals surface area contributed by atoms with Gasteiger partial charge in [0.05, 0.1) is 11.7 Å². The monoisotopic (exact) mass is 327 g/mol. The Morgan fingerprint density at radius 2 is 1.61 bits per heavy atom. The Kier molecular flexibility index (Phi) is 5.00. The molecule has 23 heavy (non-hydrogen) atoms. The van der Waals surface area contributed by atoms with Crippen LogP contribution in [0.5, 0.6) is 0 Å². The highest BCUT2D eigenvalue weighted by atomic mass is 19.4. The lowest BCUT2D eigenvalue weighted by molar-refractivity contribution is -0.137. The van der Waals surface area contributed by atoms with Crippen molar-refractivity contribution in [1.82, 2.24) is 5.32 Å². The largest absolute Gasteiger partial charge is 0.416 e. The maximum atomic E-state index is 12.8. The molecule has 3 nitrogen and oxygen atoms in total. The maximum absolute atomic E-state index is 12.8. The number of hydrogen-bond donors (Lipinski definition) is 2. The fourth-order valence-corrected chi connectivity index (χ4v) is 1.90. The van der Waals surface area contributed by atoms with Crippen LogP contribution < -0.4 is 5.32 Å². The molecule has 2 aromatic carbocycles. The molecule has 1 amide bonds. The SMILES string of the molecule is O=C(NCC(O)c1ccc(F)cc1)c1ccc(C(F)(F)F)cc1. The first kappa shape index (κ1) is 17.0. The first-order valence-corrected chi connectivity index (χ1v) is 6.66. The summed E-state index contributed by atoms with van der Waals surface area (Å²) in [7, 11) is 0. The molecule has 122 valence electrons. The van der Waals surface area contributed by atoms with Crippen molar-refractivity contribution in [3.8, 4) is 0 Å². The third-order valence-electron chi connectivity index (χ3n) is 3.19. The standard InChI is InChI=1S/C16H13F4NO2/c17-13-7-3-10(4-8-13)14(22)9-21-15(23)11-1-5-12(6-2-11)16(18,19)20/h1-8,14,22H,9H2,(H,21,23). The van der Waals surface area contributed by atoms with Crippen LogP contribution in [0.3, 0.4) is 0 Å². The van der Waals surface area contributed by atoms with Crippen LogP contribution in [-0.4, -0.2) is 17.6 Å².